The minimum Gasteiger partial charge on any atom is -0.494 e. The Morgan fingerprint density at radius 3 is 2.60 bits per heavy atom. The Morgan fingerprint density at radius 2 is 1.95 bits per heavy atom. The Bertz CT molecular complexity index is 558. The van der Waals surface area contributed by atoms with Crippen molar-refractivity contribution < 1.29 is 9.53 Å². The highest BCUT2D eigenvalue weighted by molar-refractivity contribution is 6.07. The van der Waals surface area contributed by atoms with Gasteiger partial charge in [-0.05, 0) is 43.7 Å². The molecule has 0 aliphatic heterocycles. The summed E-state index contributed by atoms with van der Waals surface area (Å²) in [6, 6.07) is 9.04. The predicted octanol–water partition coefficient (Wildman–Crippen LogP) is 3.31. The fraction of sp³-hybridized carbons (Fsp3) is 0.375. The number of aryl methyl sites for hydroxylation is 1. The van der Waals surface area contributed by atoms with Gasteiger partial charge in [-0.2, -0.15) is 5.10 Å². The van der Waals surface area contributed by atoms with E-state index >= 15 is 0 Å². The molecular formula is C16H20N2O2. The number of benzene rings is 1. The fourth-order valence-electron chi connectivity index (χ4n) is 1.96. The molecule has 0 saturated heterocycles. The highest BCUT2D eigenvalue weighted by Crippen LogP contribution is 2.15. The van der Waals surface area contributed by atoms with Gasteiger partial charge >= 0.3 is 0 Å². The summed E-state index contributed by atoms with van der Waals surface area (Å²) in [6.45, 7) is 5.50. The van der Waals surface area contributed by atoms with Crippen molar-refractivity contribution in [2.75, 3.05) is 6.61 Å². The van der Waals surface area contributed by atoms with Crippen LogP contribution >= 0.6 is 0 Å². The summed E-state index contributed by atoms with van der Waals surface area (Å²) in [5, 5.41) is 4.12. The second kappa shape index (κ2) is 6.89. The molecule has 0 atom stereocenters. The van der Waals surface area contributed by atoms with Crippen LogP contribution in [0.1, 0.15) is 42.7 Å². The van der Waals surface area contributed by atoms with Crippen LogP contribution in [0.5, 0.6) is 5.75 Å². The maximum atomic E-state index is 12.4. The lowest BCUT2D eigenvalue weighted by molar-refractivity contribution is 0.102. The topological polar surface area (TPSA) is 44.1 Å². The minimum absolute atomic E-state index is 0.00976. The molecule has 1 heterocycles. The number of unbranched alkanes of at least 4 members (excludes halogenated alkanes) is 1. The average molecular weight is 272 g/mol. The van der Waals surface area contributed by atoms with E-state index < -0.39 is 0 Å². The van der Waals surface area contributed by atoms with Gasteiger partial charge in [0.15, 0.2) is 0 Å². The second-order valence-electron chi connectivity index (χ2n) is 4.59. The number of rotatable bonds is 7. The van der Waals surface area contributed by atoms with Crippen molar-refractivity contribution in [2.45, 2.75) is 33.2 Å². The molecule has 0 unspecified atom stereocenters. The quantitative estimate of drug-likeness (QED) is 0.573. The van der Waals surface area contributed by atoms with Crippen LogP contribution in [0.4, 0.5) is 0 Å². The number of ether oxygens (including phenoxy) is 1. The summed E-state index contributed by atoms with van der Waals surface area (Å²) in [7, 11) is 0. The molecule has 20 heavy (non-hydrogen) atoms. The van der Waals surface area contributed by atoms with Gasteiger partial charge in [0.25, 0.3) is 0 Å². The lowest BCUT2D eigenvalue weighted by Gasteiger charge is -2.07. The van der Waals surface area contributed by atoms with Gasteiger partial charge in [-0.15, -0.1) is 0 Å². The lowest BCUT2D eigenvalue weighted by atomic mass is 10.1. The molecule has 4 heteroatoms. The van der Waals surface area contributed by atoms with Crippen LogP contribution in [0, 0.1) is 0 Å². The average Bonchev–Trinajstić information content (AvgIpc) is 2.96. The highest BCUT2D eigenvalue weighted by Gasteiger charge is 2.13. The Labute approximate surface area is 119 Å². The molecule has 0 aliphatic rings. The fourth-order valence-corrected chi connectivity index (χ4v) is 1.96. The first kappa shape index (κ1) is 14.3. The van der Waals surface area contributed by atoms with Crippen molar-refractivity contribution in [3.63, 3.8) is 0 Å². The van der Waals surface area contributed by atoms with Crippen molar-refractivity contribution in [1.29, 1.82) is 0 Å². The van der Waals surface area contributed by atoms with Crippen molar-refractivity contribution in [2.24, 2.45) is 0 Å². The second-order valence-corrected chi connectivity index (χ2v) is 4.59. The maximum absolute atomic E-state index is 12.4. The van der Waals surface area contributed by atoms with E-state index in [1.165, 1.54) is 0 Å². The van der Waals surface area contributed by atoms with Crippen LogP contribution in [-0.4, -0.2) is 22.2 Å². The molecule has 106 valence electrons. The molecule has 0 aliphatic carbocycles. The summed E-state index contributed by atoms with van der Waals surface area (Å²) in [4.78, 5) is 12.4. The highest BCUT2D eigenvalue weighted by atomic mass is 16.5. The van der Waals surface area contributed by atoms with E-state index in [0.29, 0.717) is 24.4 Å². The molecule has 2 aromatic rings. The number of aromatic nitrogens is 2. The van der Waals surface area contributed by atoms with Gasteiger partial charge in [0, 0.05) is 18.3 Å². The summed E-state index contributed by atoms with van der Waals surface area (Å²) in [5.41, 5.74) is 1.27. The summed E-state index contributed by atoms with van der Waals surface area (Å²) in [5.74, 6) is 0.795. The third-order valence-electron chi connectivity index (χ3n) is 3.13. The van der Waals surface area contributed by atoms with Crippen molar-refractivity contribution >= 4 is 5.78 Å². The molecule has 1 aromatic carbocycles. The molecule has 2 rings (SSSR count). The van der Waals surface area contributed by atoms with Crippen LogP contribution < -0.4 is 4.74 Å². The van der Waals surface area contributed by atoms with E-state index in [1.807, 2.05) is 19.1 Å². The number of carbonyl (C=O) groups is 1. The molecule has 0 amide bonds. The molecule has 0 bridgehead atoms. The van der Waals surface area contributed by atoms with Crippen molar-refractivity contribution in [3.8, 4) is 5.75 Å². The van der Waals surface area contributed by atoms with Crippen LogP contribution in [-0.2, 0) is 6.54 Å². The van der Waals surface area contributed by atoms with Gasteiger partial charge in [0.2, 0.25) is 5.78 Å². The van der Waals surface area contributed by atoms with Crippen LogP contribution in [0.15, 0.2) is 36.5 Å². The van der Waals surface area contributed by atoms with Gasteiger partial charge in [-0.1, -0.05) is 13.3 Å². The molecule has 0 spiro atoms. The zero-order valence-corrected chi connectivity index (χ0v) is 12.0. The Morgan fingerprint density at radius 1 is 1.20 bits per heavy atom. The first-order valence-electron chi connectivity index (χ1n) is 7.05. The van der Waals surface area contributed by atoms with Gasteiger partial charge in [0.05, 0.1) is 6.61 Å². The van der Waals surface area contributed by atoms with Crippen molar-refractivity contribution in [1.82, 2.24) is 9.78 Å². The van der Waals surface area contributed by atoms with E-state index in [2.05, 4.69) is 12.0 Å². The summed E-state index contributed by atoms with van der Waals surface area (Å²) >= 11 is 0. The number of carbonyl (C=O) groups excluding carboxylic acids is 1. The van der Waals surface area contributed by atoms with Crippen LogP contribution in [0.25, 0.3) is 0 Å². The molecule has 0 fully saturated rings. The molecule has 1 aromatic heterocycles. The van der Waals surface area contributed by atoms with Crippen LogP contribution in [0.3, 0.4) is 0 Å². The van der Waals surface area contributed by atoms with Crippen LogP contribution in [0.2, 0.25) is 0 Å². The maximum Gasteiger partial charge on any atom is 0.211 e. The first-order chi connectivity index (χ1) is 9.76. The SMILES string of the molecule is CCCCOc1ccc(C(=O)c2ccnn2CC)cc1. The number of ketones is 1. The Hall–Kier alpha value is -2.10. The van der Waals surface area contributed by atoms with Gasteiger partial charge in [-0.25, -0.2) is 0 Å². The lowest BCUT2D eigenvalue weighted by Crippen LogP contribution is -2.10. The van der Waals surface area contributed by atoms with E-state index in [9.17, 15) is 4.79 Å². The van der Waals surface area contributed by atoms with Gasteiger partial charge < -0.3 is 4.74 Å². The number of nitrogens with zero attached hydrogens (tertiary/aromatic N) is 2. The molecule has 0 saturated carbocycles. The van der Waals surface area contributed by atoms with Crippen molar-refractivity contribution in [3.05, 3.63) is 47.8 Å². The molecule has 0 N–H and O–H groups in total. The van der Waals surface area contributed by atoms with E-state index in [4.69, 9.17) is 4.74 Å². The first-order valence-corrected chi connectivity index (χ1v) is 7.05. The summed E-state index contributed by atoms with van der Waals surface area (Å²) in [6.07, 6.45) is 3.80. The van der Waals surface area contributed by atoms with E-state index in [-0.39, 0.29) is 5.78 Å². The zero-order valence-electron chi connectivity index (χ0n) is 12.0. The predicted molar refractivity (Wildman–Crippen MR) is 78.2 cm³/mol. The normalized spacial score (nSPS) is 10.5. The summed E-state index contributed by atoms with van der Waals surface area (Å²) < 4.78 is 7.29. The minimum atomic E-state index is -0.00976. The van der Waals surface area contributed by atoms with E-state index in [0.717, 1.165) is 18.6 Å². The van der Waals surface area contributed by atoms with E-state index in [1.54, 1.807) is 29.1 Å². The van der Waals surface area contributed by atoms with Gasteiger partial charge in [-0.3, -0.25) is 9.48 Å². The molecular weight excluding hydrogens is 252 g/mol. The Balaban J connectivity index is 2.08. The largest absolute Gasteiger partial charge is 0.494 e. The third kappa shape index (κ3) is 3.26. The number of hydrogen-bond acceptors (Lipinski definition) is 3. The standard InChI is InChI=1S/C16H20N2O2/c1-3-5-12-20-14-8-6-13(7-9-14)16(19)15-10-11-17-18(15)4-2/h6-11H,3-5,12H2,1-2H3. The smallest absolute Gasteiger partial charge is 0.211 e. The number of hydrogen-bond donors (Lipinski definition) is 0. The molecule has 4 nitrogen and oxygen atoms in total. The molecule has 0 radical (unpaired) electrons. The van der Waals surface area contributed by atoms with Gasteiger partial charge in [0.1, 0.15) is 11.4 Å². The zero-order chi connectivity index (χ0) is 14.4. The third-order valence-corrected chi connectivity index (χ3v) is 3.13. The Kier molecular flexibility index (Phi) is 4.93. The monoisotopic (exact) mass is 272 g/mol.